The fraction of sp³-hybridized carbons (Fsp3) is 0.391. The lowest BCUT2D eigenvalue weighted by Gasteiger charge is -2.29. The second-order valence-electron chi connectivity index (χ2n) is 15.1. The molecule has 248 valence electrons. The molecule has 0 aliphatic heterocycles. The Bertz CT molecular complexity index is 1730. The summed E-state index contributed by atoms with van der Waals surface area (Å²) in [6.45, 7) is 17.8. The molecule has 0 amide bonds. The predicted molar refractivity (Wildman–Crippen MR) is 200 cm³/mol. The molecule has 0 N–H and O–H groups in total. The molecule has 48 heavy (non-hydrogen) atoms. The fourth-order valence-corrected chi connectivity index (χ4v) is 10.1. The van der Waals surface area contributed by atoms with Gasteiger partial charge in [-0.05, 0) is 157 Å². The summed E-state index contributed by atoms with van der Waals surface area (Å²) < 4.78 is 12.7. The third-order valence-electron chi connectivity index (χ3n) is 12.1. The summed E-state index contributed by atoms with van der Waals surface area (Å²) >= 11 is 0. The van der Waals surface area contributed by atoms with Gasteiger partial charge in [-0.2, -0.15) is 0 Å². The number of hydrogen-bond donors (Lipinski definition) is 0. The molecule has 3 fully saturated rings. The first kappa shape index (κ1) is 32.5. The van der Waals surface area contributed by atoms with Gasteiger partial charge < -0.3 is 9.47 Å². The Morgan fingerprint density at radius 2 is 0.979 bits per heavy atom. The van der Waals surface area contributed by atoms with E-state index in [1.165, 1.54) is 83.0 Å². The van der Waals surface area contributed by atoms with Crippen LogP contribution in [0.4, 0.5) is 0 Å². The van der Waals surface area contributed by atoms with Crippen LogP contribution < -0.4 is 9.47 Å². The number of benzene rings is 4. The summed E-state index contributed by atoms with van der Waals surface area (Å²) in [6, 6.07) is 26.6. The van der Waals surface area contributed by atoms with Gasteiger partial charge in [-0.1, -0.05) is 98.1 Å². The average Bonchev–Trinajstić information content (AvgIpc) is 3.76. The second-order valence-corrected chi connectivity index (χ2v) is 15.1. The van der Waals surface area contributed by atoms with Gasteiger partial charge in [0.05, 0.1) is 0 Å². The van der Waals surface area contributed by atoms with Crippen LogP contribution in [0.5, 0.6) is 11.5 Å². The van der Waals surface area contributed by atoms with E-state index in [-0.39, 0.29) is 0 Å². The van der Waals surface area contributed by atoms with Crippen molar-refractivity contribution in [1.82, 2.24) is 0 Å². The molecule has 6 atom stereocenters. The van der Waals surface area contributed by atoms with E-state index in [1.54, 1.807) is 0 Å². The summed E-state index contributed by atoms with van der Waals surface area (Å²) in [5.41, 5.74) is 12.7. The highest BCUT2D eigenvalue weighted by atomic mass is 16.5. The average molecular weight is 637 g/mol. The van der Waals surface area contributed by atoms with Crippen molar-refractivity contribution < 1.29 is 9.47 Å². The van der Waals surface area contributed by atoms with Crippen LogP contribution in [0, 0.1) is 63.2 Å². The summed E-state index contributed by atoms with van der Waals surface area (Å²) in [5.74, 6) is 7.31. The number of rotatable bonds is 12. The first-order chi connectivity index (χ1) is 23.3. The van der Waals surface area contributed by atoms with Gasteiger partial charge in [-0.15, -0.1) is 0 Å². The van der Waals surface area contributed by atoms with Crippen LogP contribution in [0.2, 0.25) is 0 Å². The minimum absolute atomic E-state index is 0.592. The zero-order valence-corrected chi connectivity index (χ0v) is 29.4. The molecule has 0 spiro atoms. The molecular weight excluding hydrogens is 585 g/mol. The molecule has 0 saturated heterocycles. The molecule has 3 aliphatic rings. The van der Waals surface area contributed by atoms with E-state index in [4.69, 9.17) is 9.47 Å². The van der Waals surface area contributed by atoms with E-state index in [9.17, 15) is 0 Å². The maximum Gasteiger partial charge on any atom is 0.125 e. The highest BCUT2D eigenvalue weighted by Gasteiger charge is 2.58. The Morgan fingerprint density at radius 3 is 1.46 bits per heavy atom. The van der Waals surface area contributed by atoms with E-state index in [0.717, 1.165) is 58.1 Å². The third kappa shape index (κ3) is 6.51. The lowest BCUT2D eigenvalue weighted by Crippen LogP contribution is -2.24. The maximum atomic E-state index is 6.37. The number of ether oxygens (including phenoxy) is 2. The van der Waals surface area contributed by atoms with Gasteiger partial charge in [0.1, 0.15) is 24.7 Å². The topological polar surface area (TPSA) is 18.5 Å². The molecule has 3 saturated carbocycles. The molecule has 2 nitrogen and oxygen atoms in total. The monoisotopic (exact) mass is 636 g/mol. The first-order valence-corrected chi connectivity index (χ1v) is 18.2. The van der Waals surface area contributed by atoms with Crippen LogP contribution in [-0.4, -0.2) is 0 Å². The summed E-state index contributed by atoms with van der Waals surface area (Å²) in [7, 11) is 0. The van der Waals surface area contributed by atoms with Crippen molar-refractivity contribution >= 4 is 12.2 Å². The van der Waals surface area contributed by atoms with Crippen LogP contribution >= 0.6 is 0 Å². The molecule has 0 aromatic heterocycles. The minimum atomic E-state index is 0.592. The quantitative estimate of drug-likeness (QED) is 0.154. The van der Waals surface area contributed by atoms with Gasteiger partial charge in [0.2, 0.25) is 0 Å². The lowest BCUT2D eigenvalue weighted by atomic mass is 9.76. The van der Waals surface area contributed by atoms with E-state index in [0.29, 0.717) is 13.2 Å². The summed E-state index contributed by atoms with van der Waals surface area (Å²) in [6.07, 6.45) is 11.9. The van der Waals surface area contributed by atoms with Crippen LogP contribution in [-0.2, 0) is 26.1 Å². The molecule has 3 aliphatic carbocycles. The number of fused-ring (bicyclic) bond motifs is 5. The Kier molecular flexibility index (Phi) is 9.36. The van der Waals surface area contributed by atoms with Gasteiger partial charge in [-0.3, -0.25) is 0 Å². The third-order valence-corrected chi connectivity index (χ3v) is 12.1. The lowest BCUT2D eigenvalue weighted by molar-refractivity contribution is 0.208. The van der Waals surface area contributed by atoms with E-state index in [1.807, 2.05) is 12.2 Å². The molecule has 6 unspecified atom stereocenters. The van der Waals surface area contributed by atoms with Crippen LogP contribution in [0.3, 0.4) is 0 Å². The van der Waals surface area contributed by atoms with Crippen molar-refractivity contribution in [3.63, 3.8) is 0 Å². The first-order valence-electron chi connectivity index (χ1n) is 18.2. The number of aryl methyl sites for hydroxylation is 4. The predicted octanol–water partition coefficient (Wildman–Crippen LogP) is 11.4. The molecule has 2 heteroatoms. The Morgan fingerprint density at radius 1 is 0.542 bits per heavy atom. The van der Waals surface area contributed by atoms with Crippen LogP contribution in [0.25, 0.3) is 12.2 Å². The Hall–Kier alpha value is -4.04. The minimum Gasteiger partial charge on any atom is -0.488 e. The van der Waals surface area contributed by atoms with E-state index in [2.05, 4.69) is 114 Å². The van der Waals surface area contributed by atoms with Gasteiger partial charge in [0.15, 0.2) is 0 Å². The van der Waals surface area contributed by atoms with Crippen molar-refractivity contribution in [2.45, 2.75) is 79.4 Å². The van der Waals surface area contributed by atoms with Crippen molar-refractivity contribution in [3.05, 3.63) is 142 Å². The normalized spacial score (nSPS) is 24.0. The van der Waals surface area contributed by atoms with Gasteiger partial charge in [-0.25, -0.2) is 0 Å². The van der Waals surface area contributed by atoms with Crippen molar-refractivity contribution in [3.8, 4) is 11.5 Å². The van der Waals surface area contributed by atoms with Crippen molar-refractivity contribution in [1.29, 1.82) is 0 Å². The summed E-state index contributed by atoms with van der Waals surface area (Å²) in [4.78, 5) is 0. The molecule has 4 aromatic rings. The van der Waals surface area contributed by atoms with Crippen LogP contribution in [0.1, 0.15) is 81.3 Å². The molecule has 7 rings (SSSR count). The zero-order chi connectivity index (χ0) is 33.4. The highest BCUT2D eigenvalue weighted by molar-refractivity contribution is 5.49. The SMILES string of the molecule is C=Cc1ccc(COc2c(C)cc(CC3CCC4C5CCC(C5Cc5cc(C)c(OCc6ccc(C=C)cc6)c(C)c5)C34)cc2C)cc1. The van der Waals surface area contributed by atoms with Crippen molar-refractivity contribution in [2.24, 2.45) is 35.5 Å². The smallest absolute Gasteiger partial charge is 0.125 e. The van der Waals surface area contributed by atoms with E-state index < -0.39 is 0 Å². The van der Waals surface area contributed by atoms with Crippen LogP contribution in [0.15, 0.2) is 86.0 Å². The highest BCUT2D eigenvalue weighted by Crippen LogP contribution is 2.64. The second kappa shape index (κ2) is 13.8. The zero-order valence-electron chi connectivity index (χ0n) is 29.4. The van der Waals surface area contributed by atoms with Gasteiger partial charge in [0, 0.05) is 0 Å². The van der Waals surface area contributed by atoms with Gasteiger partial charge >= 0.3 is 0 Å². The fourth-order valence-electron chi connectivity index (χ4n) is 10.1. The molecule has 4 aromatic carbocycles. The molecule has 2 bridgehead atoms. The van der Waals surface area contributed by atoms with E-state index >= 15 is 0 Å². The largest absolute Gasteiger partial charge is 0.488 e. The van der Waals surface area contributed by atoms with Crippen molar-refractivity contribution in [2.75, 3.05) is 0 Å². The number of hydrogen-bond acceptors (Lipinski definition) is 2. The molecular formula is C46H52O2. The molecule has 0 heterocycles. The Labute approximate surface area is 288 Å². The molecule has 0 radical (unpaired) electrons. The standard InChI is InChI=1S/C46H52O2/c1-7-33-9-13-35(14-10-33)27-47-45-29(3)21-37(22-30(45)4)25-39-17-18-41-40-19-20-42(44(39)41)43(40)26-38-23-31(5)46(32(6)24-38)48-28-36-15-11-34(8-2)12-16-36/h7-16,21-24,39-44H,1-2,17-20,25-28H2,3-6H3. The Balaban J connectivity index is 0.990. The summed E-state index contributed by atoms with van der Waals surface area (Å²) in [5, 5.41) is 0. The maximum absolute atomic E-state index is 6.37. The van der Waals surface area contributed by atoms with Gasteiger partial charge in [0.25, 0.3) is 0 Å².